The molecule has 0 aliphatic heterocycles. The average molecular weight is 307 g/mol. The fourth-order valence-corrected chi connectivity index (χ4v) is 1.85. The topological polar surface area (TPSA) is 46.5 Å². The van der Waals surface area contributed by atoms with Crippen LogP contribution in [0.4, 0.5) is 0 Å². The van der Waals surface area contributed by atoms with Crippen molar-refractivity contribution in [2.75, 3.05) is 0 Å². The van der Waals surface area contributed by atoms with Gasteiger partial charge in [0.2, 0.25) is 0 Å². The highest BCUT2D eigenvalue weighted by Gasteiger charge is 2.14. The lowest BCUT2D eigenvalue weighted by Crippen LogP contribution is -2.05. The first-order valence-corrected chi connectivity index (χ1v) is 6.16. The Bertz CT molecular complexity index is 552. The summed E-state index contributed by atoms with van der Waals surface area (Å²) in [7, 11) is 0. The van der Waals surface area contributed by atoms with Gasteiger partial charge < -0.3 is 9.84 Å². The minimum atomic E-state index is -0.544. The highest BCUT2D eigenvalue weighted by Crippen LogP contribution is 2.27. The van der Waals surface area contributed by atoms with Crippen molar-refractivity contribution in [3.8, 4) is 5.75 Å². The standard InChI is InChI=1S/C14H11BrO3/c15-12-8-4-7-11(13(12)16)14(17)18-9-10-5-2-1-3-6-10/h1-8,16H,9H2. The van der Waals surface area contributed by atoms with Crippen molar-refractivity contribution >= 4 is 21.9 Å². The predicted octanol–water partition coefficient (Wildman–Crippen LogP) is 3.51. The van der Waals surface area contributed by atoms with E-state index in [1.165, 1.54) is 6.07 Å². The Labute approximate surface area is 113 Å². The summed E-state index contributed by atoms with van der Waals surface area (Å²) in [5, 5.41) is 9.72. The van der Waals surface area contributed by atoms with E-state index in [1.807, 2.05) is 30.3 Å². The van der Waals surface area contributed by atoms with E-state index in [4.69, 9.17) is 4.74 Å². The second kappa shape index (κ2) is 5.69. The molecule has 18 heavy (non-hydrogen) atoms. The Morgan fingerprint density at radius 2 is 1.83 bits per heavy atom. The van der Waals surface area contributed by atoms with Gasteiger partial charge >= 0.3 is 5.97 Å². The molecule has 92 valence electrons. The third-order valence-corrected chi connectivity index (χ3v) is 3.06. The summed E-state index contributed by atoms with van der Waals surface area (Å²) in [6.07, 6.45) is 0. The monoisotopic (exact) mass is 306 g/mol. The van der Waals surface area contributed by atoms with Crippen molar-refractivity contribution in [2.24, 2.45) is 0 Å². The van der Waals surface area contributed by atoms with Crippen LogP contribution < -0.4 is 0 Å². The molecule has 1 N–H and O–H groups in total. The maximum Gasteiger partial charge on any atom is 0.342 e. The number of phenolic OH excluding ortho intramolecular Hbond substituents is 1. The SMILES string of the molecule is O=C(OCc1ccccc1)c1cccc(Br)c1O. The molecule has 0 spiro atoms. The zero-order chi connectivity index (χ0) is 13.0. The van der Waals surface area contributed by atoms with Crippen LogP contribution in [0, 0.1) is 0 Å². The first kappa shape index (κ1) is 12.6. The molecular weight excluding hydrogens is 296 g/mol. The molecule has 0 saturated carbocycles. The number of phenols is 1. The van der Waals surface area contributed by atoms with Gasteiger partial charge in [-0.2, -0.15) is 0 Å². The zero-order valence-corrected chi connectivity index (χ0v) is 11.1. The van der Waals surface area contributed by atoms with E-state index in [2.05, 4.69) is 15.9 Å². The molecular formula is C14H11BrO3. The quantitative estimate of drug-likeness (QED) is 0.883. The molecule has 3 nitrogen and oxygen atoms in total. The first-order chi connectivity index (χ1) is 8.68. The minimum Gasteiger partial charge on any atom is -0.506 e. The minimum absolute atomic E-state index is 0.101. The number of hydrogen-bond acceptors (Lipinski definition) is 3. The summed E-state index contributed by atoms with van der Waals surface area (Å²) < 4.78 is 5.60. The van der Waals surface area contributed by atoms with Gasteiger partial charge in [-0.25, -0.2) is 4.79 Å². The molecule has 4 heteroatoms. The van der Waals surface area contributed by atoms with Gasteiger partial charge in [-0.1, -0.05) is 36.4 Å². The van der Waals surface area contributed by atoms with Crippen LogP contribution in [0.25, 0.3) is 0 Å². The largest absolute Gasteiger partial charge is 0.506 e. The molecule has 0 fully saturated rings. The van der Waals surface area contributed by atoms with Crippen molar-refractivity contribution in [3.05, 3.63) is 64.1 Å². The van der Waals surface area contributed by atoms with Crippen molar-refractivity contribution in [1.29, 1.82) is 0 Å². The van der Waals surface area contributed by atoms with E-state index in [0.29, 0.717) is 4.47 Å². The third-order valence-electron chi connectivity index (χ3n) is 2.42. The summed E-state index contributed by atoms with van der Waals surface area (Å²) in [6, 6.07) is 14.2. The molecule has 0 aliphatic carbocycles. The van der Waals surface area contributed by atoms with E-state index < -0.39 is 5.97 Å². The van der Waals surface area contributed by atoms with Gasteiger partial charge in [0.05, 0.1) is 4.47 Å². The van der Waals surface area contributed by atoms with Gasteiger partial charge in [0.1, 0.15) is 17.9 Å². The van der Waals surface area contributed by atoms with Crippen LogP contribution in [0.5, 0.6) is 5.75 Å². The molecule has 0 unspecified atom stereocenters. The Balaban J connectivity index is 2.07. The summed E-state index contributed by atoms with van der Waals surface area (Å²) in [5.41, 5.74) is 1.06. The van der Waals surface area contributed by atoms with Crippen molar-refractivity contribution in [2.45, 2.75) is 6.61 Å². The highest BCUT2D eigenvalue weighted by atomic mass is 79.9. The molecule has 0 aliphatic rings. The lowest BCUT2D eigenvalue weighted by Gasteiger charge is -2.07. The second-order valence-electron chi connectivity index (χ2n) is 3.70. The molecule has 0 heterocycles. The second-order valence-corrected chi connectivity index (χ2v) is 4.55. The van der Waals surface area contributed by atoms with Crippen LogP contribution in [0.3, 0.4) is 0 Å². The van der Waals surface area contributed by atoms with Crippen LogP contribution in [0.2, 0.25) is 0 Å². The molecule has 2 rings (SSSR count). The molecule has 2 aromatic rings. The summed E-state index contributed by atoms with van der Waals surface area (Å²) in [5.74, 6) is -0.645. The smallest absolute Gasteiger partial charge is 0.342 e. The number of carbonyl (C=O) groups is 1. The molecule has 0 saturated heterocycles. The number of ether oxygens (including phenoxy) is 1. The first-order valence-electron chi connectivity index (χ1n) is 5.37. The van der Waals surface area contributed by atoms with Crippen molar-refractivity contribution in [1.82, 2.24) is 0 Å². The number of hydrogen-bond donors (Lipinski definition) is 1. The Kier molecular flexibility index (Phi) is 3.99. The summed E-state index contributed by atoms with van der Waals surface area (Å²) in [6.45, 7) is 0.186. The molecule has 0 bridgehead atoms. The van der Waals surface area contributed by atoms with E-state index in [-0.39, 0.29) is 17.9 Å². The van der Waals surface area contributed by atoms with Crippen LogP contribution >= 0.6 is 15.9 Å². The molecule has 0 radical (unpaired) electrons. The van der Waals surface area contributed by atoms with Crippen molar-refractivity contribution < 1.29 is 14.6 Å². The fourth-order valence-electron chi connectivity index (χ4n) is 1.48. The van der Waals surface area contributed by atoms with Crippen LogP contribution in [0.1, 0.15) is 15.9 Å². The normalized spacial score (nSPS) is 10.1. The number of halogens is 1. The van der Waals surface area contributed by atoms with Gasteiger partial charge in [-0.3, -0.25) is 0 Å². The van der Waals surface area contributed by atoms with Gasteiger partial charge in [0.15, 0.2) is 0 Å². The summed E-state index contributed by atoms with van der Waals surface area (Å²) >= 11 is 3.15. The maximum absolute atomic E-state index is 11.8. The third kappa shape index (κ3) is 2.90. The van der Waals surface area contributed by atoms with Crippen LogP contribution in [-0.2, 0) is 11.3 Å². The highest BCUT2D eigenvalue weighted by molar-refractivity contribution is 9.10. The zero-order valence-electron chi connectivity index (χ0n) is 9.47. The van der Waals surface area contributed by atoms with Crippen LogP contribution in [-0.4, -0.2) is 11.1 Å². The lowest BCUT2D eigenvalue weighted by atomic mass is 10.2. The van der Waals surface area contributed by atoms with Gasteiger partial charge in [0.25, 0.3) is 0 Å². The number of benzene rings is 2. The molecule has 0 atom stereocenters. The number of aromatic hydroxyl groups is 1. The molecule has 0 aromatic heterocycles. The number of para-hydroxylation sites is 1. The van der Waals surface area contributed by atoms with Gasteiger partial charge in [-0.05, 0) is 33.6 Å². The van der Waals surface area contributed by atoms with E-state index >= 15 is 0 Å². The number of carbonyl (C=O) groups excluding carboxylic acids is 1. The predicted molar refractivity (Wildman–Crippen MR) is 71.4 cm³/mol. The van der Waals surface area contributed by atoms with Gasteiger partial charge in [-0.15, -0.1) is 0 Å². The van der Waals surface area contributed by atoms with E-state index in [0.717, 1.165) is 5.56 Å². The Morgan fingerprint density at radius 3 is 2.56 bits per heavy atom. The molecule has 2 aromatic carbocycles. The van der Waals surface area contributed by atoms with E-state index in [1.54, 1.807) is 12.1 Å². The van der Waals surface area contributed by atoms with Gasteiger partial charge in [0, 0.05) is 0 Å². The molecule has 0 amide bonds. The maximum atomic E-state index is 11.8. The lowest BCUT2D eigenvalue weighted by molar-refractivity contribution is 0.0469. The van der Waals surface area contributed by atoms with Crippen molar-refractivity contribution in [3.63, 3.8) is 0 Å². The van der Waals surface area contributed by atoms with E-state index in [9.17, 15) is 9.90 Å². The number of rotatable bonds is 3. The fraction of sp³-hybridized carbons (Fsp3) is 0.0714. The van der Waals surface area contributed by atoms with Crippen LogP contribution in [0.15, 0.2) is 53.0 Å². The average Bonchev–Trinajstić information content (AvgIpc) is 2.40. The summed E-state index contributed by atoms with van der Waals surface area (Å²) in [4.78, 5) is 11.8. The Morgan fingerprint density at radius 1 is 1.11 bits per heavy atom. The number of esters is 1. The Hall–Kier alpha value is -1.81.